The van der Waals surface area contributed by atoms with Crippen molar-refractivity contribution in [3.8, 4) is 0 Å². The van der Waals surface area contributed by atoms with Crippen molar-refractivity contribution in [2.75, 3.05) is 0 Å². The van der Waals surface area contributed by atoms with Crippen molar-refractivity contribution in [1.82, 2.24) is 0 Å². The number of hydrogen-bond donors (Lipinski definition) is 4. The summed E-state index contributed by atoms with van der Waals surface area (Å²) in [7, 11) is 0. The van der Waals surface area contributed by atoms with Gasteiger partial charge in [-0.1, -0.05) is 12.1 Å². The minimum Gasteiger partial charge on any atom is -0.481 e. The van der Waals surface area contributed by atoms with Crippen molar-refractivity contribution in [1.29, 1.82) is 5.41 Å². The fourth-order valence-electron chi connectivity index (χ4n) is 1.10. The zero-order chi connectivity index (χ0) is 14.9. The van der Waals surface area contributed by atoms with E-state index in [1.54, 1.807) is 0 Å². The molecular weight excluding hydrogens is 261 g/mol. The van der Waals surface area contributed by atoms with Gasteiger partial charge in [0.1, 0.15) is 0 Å². The molecule has 0 bridgehead atoms. The second-order valence-corrected chi connectivity index (χ2v) is 4.00. The van der Waals surface area contributed by atoms with Crippen molar-refractivity contribution in [2.24, 2.45) is 11.5 Å². The third kappa shape index (κ3) is 16.4. The van der Waals surface area contributed by atoms with E-state index in [2.05, 4.69) is 51.3 Å². The summed E-state index contributed by atoms with van der Waals surface area (Å²) in [4.78, 5) is 9.00. The highest BCUT2D eigenvalue weighted by Crippen LogP contribution is 2.13. The lowest BCUT2D eigenvalue weighted by Crippen LogP contribution is -2.20. The molecule has 6 heteroatoms. The molecule has 0 aromatic heterocycles. The summed E-state index contributed by atoms with van der Waals surface area (Å²) in [5, 5.41) is 13.5. The Morgan fingerprint density at radius 3 is 1.21 bits per heavy atom. The molecule has 0 saturated carbocycles. The van der Waals surface area contributed by atoms with Crippen LogP contribution in [0.25, 0.3) is 0 Å². The molecule has 6 N–H and O–H groups in total. The van der Waals surface area contributed by atoms with Crippen LogP contribution in [-0.4, -0.2) is 17.0 Å². The van der Waals surface area contributed by atoms with Crippen molar-refractivity contribution >= 4 is 21.8 Å². The molecule has 1 aromatic carbocycles. The van der Waals surface area contributed by atoms with Crippen LogP contribution in [0, 0.1) is 33.1 Å². The molecule has 1 unspecified atom stereocenters. The smallest absolute Gasteiger partial charge is 0.300 e. The first-order valence-electron chi connectivity index (χ1n) is 5.41. The molecule has 5 nitrogen and oxygen atoms in total. The molecule has 0 amide bonds. The monoisotopic (exact) mass is 287 g/mol. The Labute approximate surface area is 118 Å². The normalized spacial score (nSPS) is 7.84. The number of guanidine groups is 1. The second kappa shape index (κ2) is 11.5. The zero-order valence-electron chi connectivity index (χ0n) is 12.4. The number of aryl methyl sites for hydroxylation is 4. The van der Waals surface area contributed by atoms with Crippen molar-refractivity contribution in [3.63, 3.8) is 0 Å². The third-order valence-electron chi connectivity index (χ3n) is 2.11. The Kier molecular flexibility index (Phi) is 13.6. The Balaban J connectivity index is -0.000000242. The average Bonchev–Trinajstić information content (AvgIpc) is 2.13. The molecule has 0 radical (unpaired) electrons. The van der Waals surface area contributed by atoms with Gasteiger partial charge in [-0.05, 0) is 49.9 Å². The van der Waals surface area contributed by atoms with E-state index < -0.39 is 5.97 Å². The van der Waals surface area contributed by atoms with Gasteiger partial charge in [0.05, 0.1) is 0 Å². The lowest BCUT2D eigenvalue weighted by molar-refractivity contribution is -0.134. The van der Waals surface area contributed by atoms with Crippen LogP contribution in [0.1, 0.15) is 29.2 Å². The van der Waals surface area contributed by atoms with Gasteiger partial charge in [0.25, 0.3) is 5.97 Å². The molecule has 0 fully saturated rings. The van der Waals surface area contributed by atoms with Gasteiger partial charge in [-0.3, -0.25) is 10.2 Å². The Morgan fingerprint density at radius 2 is 1.11 bits per heavy atom. The standard InChI is InChI=1S/C10H14.C2H4O2.CH5N3.H3P/c1-7-5-9(3)10(4)6-8(7)2;1-2(3)4;2-1(3)4;/h5-6H,1-4H3;1H3,(H,3,4);(H5,2,3,4);1H3. The molecule has 110 valence electrons. The van der Waals surface area contributed by atoms with E-state index in [-0.39, 0.29) is 15.9 Å². The fourth-order valence-corrected chi connectivity index (χ4v) is 1.10. The minimum absolute atomic E-state index is 0. The molecule has 1 rings (SSSR count). The van der Waals surface area contributed by atoms with Gasteiger partial charge in [-0.25, -0.2) is 0 Å². The SMILES string of the molecule is CC(=O)O.Cc1cc(C)c(C)cc1C.N=C(N)N.P. The summed E-state index contributed by atoms with van der Waals surface area (Å²) in [6.45, 7) is 9.70. The summed E-state index contributed by atoms with van der Waals surface area (Å²) < 4.78 is 0. The summed E-state index contributed by atoms with van der Waals surface area (Å²) in [6.07, 6.45) is 0. The number of carbonyl (C=O) groups is 1. The van der Waals surface area contributed by atoms with E-state index in [4.69, 9.17) is 15.3 Å². The maximum atomic E-state index is 9.00. The lowest BCUT2D eigenvalue weighted by atomic mass is 10.0. The summed E-state index contributed by atoms with van der Waals surface area (Å²) >= 11 is 0. The third-order valence-corrected chi connectivity index (χ3v) is 2.11. The highest BCUT2D eigenvalue weighted by atomic mass is 31.0. The van der Waals surface area contributed by atoms with Crippen LogP contribution >= 0.6 is 9.90 Å². The molecule has 0 aliphatic carbocycles. The van der Waals surface area contributed by atoms with Crippen molar-refractivity contribution < 1.29 is 9.90 Å². The average molecular weight is 287 g/mol. The highest BCUT2D eigenvalue weighted by molar-refractivity contribution is 6.92. The zero-order valence-corrected chi connectivity index (χ0v) is 13.8. The molecule has 19 heavy (non-hydrogen) atoms. The molecule has 0 aliphatic rings. The lowest BCUT2D eigenvalue weighted by Gasteiger charge is -2.04. The van der Waals surface area contributed by atoms with Crippen LogP contribution in [0.2, 0.25) is 0 Å². The van der Waals surface area contributed by atoms with Crippen molar-refractivity contribution in [3.05, 3.63) is 34.4 Å². The Hall–Kier alpha value is -1.61. The first-order chi connectivity index (χ1) is 8.07. The van der Waals surface area contributed by atoms with Gasteiger partial charge in [-0.2, -0.15) is 9.90 Å². The quantitative estimate of drug-likeness (QED) is 0.331. The van der Waals surface area contributed by atoms with Gasteiger partial charge in [-0.15, -0.1) is 0 Å². The summed E-state index contributed by atoms with van der Waals surface area (Å²) in [6, 6.07) is 4.48. The number of nitrogens with one attached hydrogen (secondary N) is 1. The van der Waals surface area contributed by atoms with E-state index >= 15 is 0 Å². The van der Waals surface area contributed by atoms with Crippen LogP contribution in [0.3, 0.4) is 0 Å². The molecule has 1 aromatic rings. The largest absolute Gasteiger partial charge is 0.481 e. The van der Waals surface area contributed by atoms with E-state index in [0.29, 0.717) is 0 Å². The van der Waals surface area contributed by atoms with Crippen LogP contribution < -0.4 is 11.5 Å². The number of benzene rings is 1. The molecule has 1 atom stereocenters. The van der Waals surface area contributed by atoms with Gasteiger partial charge < -0.3 is 16.6 Å². The topological polar surface area (TPSA) is 113 Å². The van der Waals surface area contributed by atoms with Crippen LogP contribution in [-0.2, 0) is 4.79 Å². The molecule has 0 spiro atoms. The number of aliphatic carboxylic acids is 1. The number of rotatable bonds is 0. The number of hydrogen-bond acceptors (Lipinski definition) is 2. The molecule has 0 aliphatic heterocycles. The first-order valence-corrected chi connectivity index (χ1v) is 5.41. The minimum atomic E-state index is -0.833. The summed E-state index contributed by atoms with van der Waals surface area (Å²) in [5.74, 6) is -1.17. The van der Waals surface area contributed by atoms with Crippen LogP contribution in [0.15, 0.2) is 12.1 Å². The van der Waals surface area contributed by atoms with E-state index in [1.165, 1.54) is 22.3 Å². The van der Waals surface area contributed by atoms with Crippen LogP contribution in [0.5, 0.6) is 0 Å². The highest BCUT2D eigenvalue weighted by Gasteiger charge is 1.95. The number of carboxylic acid groups (broad SMARTS) is 1. The van der Waals surface area contributed by atoms with Crippen LogP contribution in [0.4, 0.5) is 0 Å². The maximum Gasteiger partial charge on any atom is 0.300 e. The Morgan fingerprint density at radius 1 is 1.00 bits per heavy atom. The van der Waals surface area contributed by atoms with E-state index in [1.807, 2.05) is 0 Å². The van der Waals surface area contributed by atoms with Gasteiger partial charge >= 0.3 is 0 Å². The van der Waals surface area contributed by atoms with Gasteiger partial charge in [0.2, 0.25) is 0 Å². The number of carboxylic acids is 1. The number of nitrogens with two attached hydrogens (primary N) is 2. The second-order valence-electron chi connectivity index (χ2n) is 4.00. The summed E-state index contributed by atoms with van der Waals surface area (Å²) in [5.41, 5.74) is 14.5. The molecule has 0 saturated heterocycles. The fraction of sp³-hybridized carbons (Fsp3) is 0.385. The first kappa shape index (κ1) is 22.6. The molecular formula is C13H26N3O2P. The maximum absolute atomic E-state index is 9.00. The van der Waals surface area contributed by atoms with Crippen molar-refractivity contribution in [2.45, 2.75) is 34.6 Å². The molecule has 0 heterocycles. The van der Waals surface area contributed by atoms with Gasteiger partial charge in [0.15, 0.2) is 5.96 Å². The van der Waals surface area contributed by atoms with E-state index in [0.717, 1.165) is 6.92 Å². The van der Waals surface area contributed by atoms with E-state index in [9.17, 15) is 0 Å². The van der Waals surface area contributed by atoms with Gasteiger partial charge in [0, 0.05) is 6.92 Å². The Bertz CT molecular complexity index is 350. The predicted molar refractivity (Wildman–Crippen MR) is 85.9 cm³/mol. The predicted octanol–water partition coefficient (Wildman–Crippen LogP) is 1.91.